The molecule has 4 nitrogen and oxygen atoms in total. The predicted octanol–water partition coefficient (Wildman–Crippen LogP) is 5.97. The minimum Gasteiger partial charge on any atom is -0.379 e. The molecule has 0 aliphatic heterocycles. The molecule has 2 aliphatic carbocycles. The van der Waals surface area contributed by atoms with Crippen LogP contribution in [0.25, 0.3) is 11.2 Å². The second-order valence-electron chi connectivity index (χ2n) is 7.21. The van der Waals surface area contributed by atoms with E-state index in [0.29, 0.717) is 27.8 Å². The quantitative estimate of drug-likeness (QED) is 0.541. The highest BCUT2D eigenvalue weighted by atomic mass is 35.5. The number of pyridine rings is 1. The molecule has 0 amide bonds. The molecule has 2 heterocycles. The summed E-state index contributed by atoms with van der Waals surface area (Å²) < 4.78 is 2.22. The summed E-state index contributed by atoms with van der Waals surface area (Å²) in [5.74, 6) is 1.69. The third kappa shape index (κ3) is 2.84. The van der Waals surface area contributed by atoms with Gasteiger partial charge < -0.3 is 9.88 Å². The Morgan fingerprint density at radius 1 is 1.15 bits per heavy atom. The zero-order chi connectivity index (χ0) is 17.8. The fourth-order valence-corrected chi connectivity index (χ4v) is 4.81. The van der Waals surface area contributed by atoms with Crippen molar-refractivity contribution in [3.8, 4) is 0 Å². The van der Waals surface area contributed by atoms with Crippen LogP contribution in [0.2, 0.25) is 15.2 Å². The topological polar surface area (TPSA) is 42.7 Å². The van der Waals surface area contributed by atoms with Crippen LogP contribution in [0.1, 0.15) is 30.9 Å². The molecule has 2 fully saturated rings. The monoisotopic (exact) mass is 406 g/mol. The highest BCUT2D eigenvalue weighted by molar-refractivity contribution is 6.33. The Kier molecular flexibility index (Phi) is 4.03. The molecule has 7 heteroatoms. The smallest absolute Gasteiger partial charge is 0.163 e. The van der Waals surface area contributed by atoms with Gasteiger partial charge in [-0.15, -0.1) is 0 Å². The van der Waals surface area contributed by atoms with Crippen LogP contribution >= 0.6 is 34.8 Å². The lowest BCUT2D eigenvalue weighted by molar-refractivity contribution is 0.469. The molecule has 2 aliphatic rings. The lowest BCUT2D eigenvalue weighted by Gasteiger charge is -2.15. The Labute approximate surface area is 166 Å². The Morgan fingerprint density at radius 3 is 2.81 bits per heavy atom. The number of hydrogen-bond acceptors (Lipinski definition) is 3. The highest BCUT2D eigenvalue weighted by Gasteiger charge is 2.49. The third-order valence-electron chi connectivity index (χ3n) is 5.64. The van der Waals surface area contributed by atoms with Gasteiger partial charge in [-0.1, -0.05) is 34.8 Å². The summed E-state index contributed by atoms with van der Waals surface area (Å²) in [6.45, 7) is 0.538. The van der Waals surface area contributed by atoms with Gasteiger partial charge in [-0.3, -0.25) is 0 Å². The van der Waals surface area contributed by atoms with Gasteiger partial charge in [-0.05, 0) is 54.9 Å². The SMILES string of the molecule is Clc1ccc(Cl)c(CNc2cc(Cl)nc3c2ncn3[C@@H]2CC[C@@H]3C[C@@H]32)c1. The molecule has 0 unspecified atom stereocenters. The number of halogens is 3. The Bertz CT molecular complexity index is 1000. The van der Waals surface area contributed by atoms with Gasteiger partial charge in [-0.25, -0.2) is 9.97 Å². The van der Waals surface area contributed by atoms with Crippen LogP contribution in [0.15, 0.2) is 30.6 Å². The van der Waals surface area contributed by atoms with Crippen molar-refractivity contribution >= 4 is 51.7 Å². The number of imidazole rings is 1. The van der Waals surface area contributed by atoms with Gasteiger partial charge in [0.1, 0.15) is 10.7 Å². The molecule has 1 N–H and O–H groups in total. The minimum absolute atomic E-state index is 0.462. The van der Waals surface area contributed by atoms with Gasteiger partial charge in [-0.2, -0.15) is 0 Å². The van der Waals surface area contributed by atoms with E-state index in [1.54, 1.807) is 12.1 Å². The van der Waals surface area contributed by atoms with Crippen molar-refractivity contribution in [2.75, 3.05) is 5.32 Å². The Morgan fingerprint density at radius 2 is 2.04 bits per heavy atom. The number of rotatable bonds is 4. The van der Waals surface area contributed by atoms with Gasteiger partial charge in [0.25, 0.3) is 0 Å². The average Bonchev–Trinajstić information content (AvgIpc) is 3.08. The van der Waals surface area contributed by atoms with E-state index in [1.165, 1.54) is 19.3 Å². The number of anilines is 1. The molecule has 1 aromatic carbocycles. The van der Waals surface area contributed by atoms with Crippen LogP contribution in [-0.4, -0.2) is 14.5 Å². The lowest BCUT2D eigenvalue weighted by Crippen LogP contribution is -2.08. The number of nitrogens with one attached hydrogen (secondary N) is 1. The van der Waals surface area contributed by atoms with Gasteiger partial charge in [0.2, 0.25) is 0 Å². The van der Waals surface area contributed by atoms with Crippen molar-refractivity contribution in [2.45, 2.75) is 31.8 Å². The summed E-state index contributed by atoms with van der Waals surface area (Å²) in [4.78, 5) is 9.19. The normalized spacial score (nSPS) is 24.0. The van der Waals surface area contributed by atoms with Gasteiger partial charge in [0.15, 0.2) is 5.65 Å². The second-order valence-corrected chi connectivity index (χ2v) is 8.44. The van der Waals surface area contributed by atoms with Crippen molar-refractivity contribution in [3.05, 3.63) is 51.4 Å². The molecule has 3 atom stereocenters. The van der Waals surface area contributed by atoms with Crippen molar-refractivity contribution in [1.82, 2.24) is 14.5 Å². The van der Waals surface area contributed by atoms with Gasteiger partial charge >= 0.3 is 0 Å². The summed E-state index contributed by atoms with van der Waals surface area (Å²) in [6.07, 6.45) is 5.77. The predicted molar refractivity (Wildman–Crippen MR) is 106 cm³/mol. The zero-order valence-corrected chi connectivity index (χ0v) is 16.2. The molecular weight excluding hydrogens is 391 g/mol. The molecule has 0 saturated heterocycles. The summed E-state index contributed by atoms with van der Waals surface area (Å²) in [7, 11) is 0. The lowest BCUT2D eigenvalue weighted by atomic mass is 10.1. The standard InChI is InChI=1S/C19H17Cl3N4/c20-12-2-3-14(21)11(5-12)8-23-15-7-17(22)25-19-18(15)24-9-26(19)16-4-1-10-6-13(10)16/h2-3,5,7,9-10,13,16H,1,4,6,8H2,(H,23,25)/t10-,13+,16-/m1/s1. The molecule has 2 aromatic heterocycles. The van der Waals surface area contributed by atoms with Crippen molar-refractivity contribution in [1.29, 1.82) is 0 Å². The summed E-state index contributed by atoms with van der Waals surface area (Å²) in [6, 6.07) is 7.77. The van der Waals surface area contributed by atoms with Crippen LogP contribution in [-0.2, 0) is 6.54 Å². The fourth-order valence-electron chi connectivity index (χ4n) is 4.24. The van der Waals surface area contributed by atoms with E-state index in [2.05, 4.69) is 19.9 Å². The molecule has 26 heavy (non-hydrogen) atoms. The fraction of sp³-hybridized carbons (Fsp3) is 0.368. The molecule has 5 rings (SSSR count). The largest absolute Gasteiger partial charge is 0.379 e. The maximum atomic E-state index is 6.31. The molecule has 0 radical (unpaired) electrons. The molecule has 3 aromatic rings. The molecule has 0 bridgehead atoms. The second kappa shape index (κ2) is 6.29. The first-order chi connectivity index (χ1) is 12.6. The van der Waals surface area contributed by atoms with Crippen LogP contribution in [0, 0.1) is 11.8 Å². The summed E-state index contributed by atoms with van der Waals surface area (Å²) >= 11 is 18.7. The first-order valence-corrected chi connectivity index (χ1v) is 9.94. The zero-order valence-electron chi connectivity index (χ0n) is 13.9. The van der Waals surface area contributed by atoms with Crippen LogP contribution in [0.4, 0.5) is 5.69 Å². The van der Waals surface area contributed by atoms with Crippen molar-refractivity contribution in [3.63, 3.8) is 0 Å². The Balaban J connectivity index is 1.48. The highest BCUT2D eigenvalue weighted by Crippen LogP contribution is 2.57. The third-order valence-corrected chi connectivity index (χ3v) is 6.44. The number of nitrogens with zero attached hydrogens (tertiary/aromatic N) is 3. The van der Waals surface area contributed by atoms with E-state index < -0.39 is 0 Å². The van der Waals surface area contributed by atoms with Crippen LogP contribution in [0.5, 0.6) is 0 Å². The molecule has 134 valence electrons. The van der Waals surface area contributed by atoms with E-state index in [4.69, 9.17) is 34.8 Å². The maximum Gasteiger partial charge on any atom is 0.163 e. The number of aromatic nitrogens is 3. The Hall–Kier alpha value is -1.49. The van der Waals surface area contributed by atoms with Crippen molar-refractivity contribution < 1.29 is 0 Å². The van der Waals surface area contributed by atoms with E-state index in [9.17, 15) is 0 Å². The molecular formula is C19H17Cl3N4. The average molecular weight is 408 g/mol. The van der Waals surface area contributed by atoms with E-state index in [-0.39, 0.29) is 0 Å². The van der Waals surface area contributed by atoms with Crippen LogP contribution in [0.3, 0.4) is 0 Å². The number of hydrogen-bond donors (Lipinski definition) is 1. The first-order valence-electron chi connectivity index (χ1n) is 8.81. The number of benzene rings is 1. The van der Waals surface area contributed by atoms with Crippen molar-refractivity contribution in [2.24, 2.45) is 11.8 Å². The minimum atomic E-state index is 0.462. The number of fused-ring (bicyclic) bond motifs is 2. The van der Waals surface area contributed by atoms with E-state index in [1.807, 2.05) is 18.5 Å². The van der Waals surface area contributed by atoms with E-state index >= 15 is 0 Å². The molecule has 0 spiro atoms. The van der Waals surface area contributed by atoms with Crippen LogP contribution < -0.4 is 5.32 Å². The molecule has 2 saturated carbocycles. The van der Waals surface area contributed by atoms with Gasteiger partial charge in [0.05, 0.1) is 12.0 Å². The van der Waals surface area contributed by atoms with E-state index in [0.717, 1.165) is 34.3 Å². The first kappa shape index (κ1) is 16.7. The van der Waals surface area contributed by atoms with Gasteiger partial charge in [0, 0.05) is 28.7 Å². The maximum absolute atomic E-state index is 6.31. The summed E-state index contributed by atoms with van der Waals surface area (Å²) in [5, 5.41) is 5.19. The summed E-state index contributed by atoms with van der Waals surface area (Å²) in [5.41, 5.74) is 3.49.